The van der Waals surface area contributed by atoms with Gasteiger partial charge in [0.25, 0.3) is 0 Å². The number of nitrogens with zero attached hydrogens (tertiary/aromatic N) is 2. The number of aromatic nitrogens is 2. The largest absolute Gasteiger partial charge is 0.475 e. The van der Waals surface area contributed by atoms with E-state index in [0.717, 1.165) is 23.5 Å². The summed E-state index contributed by atoms with van der Waals surface area (Å²) in [6.45, 7) is 1.63. The molecular weight excluding hydrogens is 184 g/mol. The first-order valence-electron chi connectivity index (χ1n) is 2.72. The van der Waals surface area contributed by atoms with Crippen molar-refractivity contribution in [1.82, 2.24) is 9.78 Å². The van der Waals surface area contributed by atoms with E-state index in [9.17, 15) is 0 Å². The van der Waals surface area contributed by atoms with Gasteiger partial charge in [-0.1, -0.05) is 0 Å². The summed E-state index contributed by atoms with van der Waals surface area (Å²) < 4.78 is 8.00. The normalized spacial score (nSPS) is 15.2. The molecule has 0 saturated carbocycles. The fourth-order valence-electron chi connectivity index (χ4n) is 0.883. The highest BCUT2D eigenvalue weighted by molar-refractivity contribution is 9.10. The molecule has 1 aromatic rings. The van der Waals surface area contributed by atoms with Gasteiger partial charge in [0.05, 0.1) is 17.2 Å². The van der Waals surface area contributed by atoms with Gasteiger partial charge < -0.3 is 4.74 Å². The van der Waals surface area contributed by atoms with E-state index in [1.54, 1.807) is 6.20 Å². The van der Waals surface area contributed by atoms with E-state index < -0.39 is 0 Å². The lowest BCUT2D eigenvalue weighted by atomic mass is 10.7. The fraction of sp³-hybridized carbons (Fsp3) is 0.400. The van der Waals surface area contributed by atoms with E-state index in [1.165, 1.54) is 0 Å². The van der Waals surface area contributed by atoms with Crippen LogP contribution in [0.4, 0.5) is 0 Å². The topological polar surface area (TPSA) is 27.1 Å². The van der Waals surface area contributed by atoms with Gasteiger partial charge in [0.1, 0.15) is 6.61 Å². The lowest BCUT2D eigenvalue weighted by molar-refractivity contribution is 0.355. The number of halogens is 1. The van der Waals surface area contributed by atoms with Crippen LogP contribution in [0.2, 0.25) is 0 Å². The third-order valence-electron chi connectivity index (χ3n) is 1.29. The van der Waals surface area contributed by atoms with E-state index in [4.69, 9.17) is 4.74 Å². The molecule has 0 spiro atoms. The van der Waals surface area contributed by atoms with Crippen molar-refractivity contribution in [2.45, 2.75) is 6.54 Å². The first kappa shape index (κ1) is 5.29. The monoisotopic (exact) mass is 188 g/mol. The van der Waals surface area contributed by atoms with Crippen molar-refractivity contribution in [3.05, 3.63) is 10.7 Å². The summed E-state index contributed by atoms with van der Waals surface area (Å²) in [5.74, 6) is 0.856. The summed E-state index contributed by atoms with van der Waals surface area (Å²) >= 11 is 3.31. The Balaban J connectivity index is 2.56. The van der Waals surface area contributed by atoms with Crippen molar-refractivity contribution in [2.75, 3.05) is 6.61 Å². The van der Waals surface area contributed by atoms with Gasteiger partial charge in [-0.15, -0.1) is 0 Å². The second-order valence-corrected chi connectivity index (χ2v) is 2.72. The molecule has 0 aromatic carbocycles. The molecule has 4 heteroatoms. The lowest BCUT2D eigenvalue weighted by Crippen LogP contribution is -1.93. The summed E-state index contributed by atoms with van der Waals surface area (Å²) in [6.07, 6.45) is 1.74. The second-order valence-electron chi connectivity index (χ2n) is 1.87. The molecule has 0 fully saturated rings. The van der Waals surface area contributed by atoms with E-state index in [1.807, 2.05) is 4.68 Å². The van der Waals surface area contributed by atoms with Gasteiger partial charge in [-0.05, 0) is 15.9 Å². The van der Waals surface area contributed by atoms with Crippen LogP contribution >= 0.6 is 15.9 Å². The molecule has 0 amide bonds. The molecule has 3 nitrogen and oxygen atoms in total. The molecule has 2 rings (SSSR count). The summed E-state index contributed by atoms with van der Waals surface area (Å²) in [5.41, 5.74) is 0. The van der Waals surface area contributed by atoms with Crippen molar-refractivity contribution >= 4 is 15.9 Å². The Labute approximate surface area is 60.7 Å². The Morgan fingerprint density at radius 1 is 1.78 bits per heavy atom. The quantitative estimate of drug-likeness (QED) is 0.609. The molecule has 1 aliphatic heterocycles. The van der Waals surface area contributed by atoms with Gasteiger partial charge in [-0.3, -0.25) is 0 Å². The number of rotatable bonds is 0. The van der Waals surface area contributed by atoms with Gasteiger partial charge in [-0.25, -0.2) is 4.68 Å². The van der Waals surface area contributed by atoms with Crippen molar-refractivity contribution in [3.8, 4) is 5.88 Å². The summed E-state index contributed by atoms with van der Waals surface area (Å²) in [6, 6.07) is 0. The first-order valence-corrected chi connectivity index (χ1v) is 3.51. The van der Waals surface area contributed by atoms with Crippen LogP contribution in [0.15, 0.2) is 10.7 Å². The van der Waals surface area contributed by atoms with Gasteiger partial charge in [-0.2, -0.15) is 5.10 Å². The Kier molecular flexibility index (Phi) is 1.02. The van der Waals surface area contributed by atoms with E-state index in [-0.39, 0.29) is 0 Å². The predicted octanol–water partition coefficient (Wildman–Crippen LogP) is 1.04. The zero-order chi connectivity index (χ0) is 6.27. The lowest BCUT2D eigenvalue weighted by Gasteiger charge is -1.89. The van der Waals surface area contributed by atoms with Gasteiger partial charge in [0.15, 0.2) is 0 Å². The van der Waals surface area contributed by atoms with Crippen LogP contribution in [-0.4, -0.2) is 16.4 Å². The zero-order valence-corrected chi connectivity index (χ0v) is 6.26. The minimum absolute atomic E-state index is 0.752. The van der Waals surface area contributed by atoms with E-state index in [2.05, 4.69) is 21.0 Å². The minimum atomic E-state index is 0.752. The molecule has 2 heterocycles. The van der Waals surface area contributed by atoms with Crippen molar-refractivity contribution in [2.24, 2.45) is 0 Å². The predicted molar refractivity (Wildman–Crippen MR) is 35.4 cm³/mol. The number of hydrogen-bond acceptors (Lipinski definition) is 2. The molecule has 48 valence electrons. The highest BCUT2D eigenvalue weighted by Crippen LogP contribution is 2.26. The van der Waals surface area contributed by atoms with Crippen LogP contribution in [0.25, 0.3) is 0 Å². The smallest absolute Gasteiger partial charge is 0.226 e. The highest BCUT2D eigenvalue weighted by Gasteiger charge is 2.14. The Bertz CT molecular complexity index is 233. The van der Waals surface area contributed by atoms with Gasteiger partial charge >= 0.3 is 0 Å². The van der Waals surface area contributed by atoms with Gasteiger partial charge in [0, 0.05) is 0 Å². The molecule has 0 saturated heterocycles. The van der Waals surface area contributed by atoms with E-state index in [0.29, 0.717) is 0 Å². The number of fused-ring (bicyclic) bond motifs is 1. The van der Waals surface area contributed by atoms with Crippen LogP contribution in [-0.2, 0) is 6.54 Å². The molecule has 0 aliphatic carbocycles. The number of ether oxygens (including phenoxy) is 1. The van der Waals surface area contributed by atoms with E-state index >= 15 is 0 Å². The molecule has 9 heavy (non-hydrogen) atoms. The Hall–Kier alpha value is -0.510. The van der Waals surface area contributed by atoms with Crippen LogP contribution in [0.3, 0.4) is 0 Å². The third kappa shape index (κ3) is 0.660. The van der Waals surface area contributed by atoms with Crippen molar-refractivity contribution in [1.29, 1.82) is 0 Å². The average Bonchev–Trinajstić information content (AvgIpc) is 2.35. The maximum absolute atomic E-state index is 5.22. The summed E-state index contributed by atoms with van der Waals surface area (Å²) in [7, 11) is 0. The molecule has 0 atom stereocenters. The SMILES string of the molecule is Brc1cnn2c1OCC2. The standard InChI is InChI=1S/C5H5BrN2O/c6-4-3-7-8-1-2-9-5(4)8/h3H,1-2H2. The van der Waals surface area contributed by atoms with Crippen LogP contribution in [0.1, 0.15) is 0 Å². The Morgan fingerprint density at radius 3 is 3.44 bits per heavy atom. The second kappa shape index (κ2) is 1.73. The van der Waals surface area contributed by atoms with Crippen molar-refractivity contribution in [3.63, 3.8) is 0 Å². The maximum atomic E-state index is 5.22. The van der Waals surface area contributed by atoms with Gasteiger partial charge in [0.2, 0.25) is 5.88 Å². The average molecular weight is 189 g/mol. The zero-order valence-electron chi connectivity index (χ0n) is 4.67. The minimum Gasteiger partial charge on any atom is -0.475 e. The molecule has 1 aliphatic rings. The maximum Gasteiger partial charge on any atom is 0.226 e. The third-order valence-corrected chi connectivity index (χ3v) is 1.84. The molecule has 0 unspecified atom stereocenters. The van der Waals surface area contributed by atoms with Crippen LogP contribution in [0, 0.1) is 0 Å². The summed E-state index contributed by atoms with van der Waals surface area (Å²) in [4.78, 5) is 0. The first-order chi connectivity index (χ1) is 4.38. The Morgan fingerprint density at radius 2 is 2.67 bits per heavy atom. The highest BCUT2D eigenvalue weighted by atomic mass is 79.9. The number of hydrogen-bond donors (Lipinski definition) is 0. The molecular formula is C5H5BrN2O. The van der Waals surface area contributed by atoms with Crippen LogP contribution in [0.5, 0.6) is 5.88 Å². The fourth-order valence-corrected chi connectivity index (χ4v) is 1.29. The van der Waals surface area contributed by atoms with Crippen LogP contribution < -0.4 is 4.74 Å². The van der Waals surface area contributed by atoms with Crippen molar-refractivity contribution < 1.29 is 4.74 Å². The molecule has 0 bridgehead atoms. The summed E-state index contributed by atoms with van der Waals surface area (Å²) in [5, 5.41) is 4.04. The molecule has 0 N–H and O–H groups in total. The molecule has 0 radical (unpaired) electrons. The molecule has 1 aromatic heterocycles.